The van der Waals surface area contributed by atoms with Crippen molar-refractivity contribution in [2.24, 2.45) is 11.8 Å². The van der Waals surface area contributed by atoms with Gasteiger partial charge in [-0.25, -0.2) is 0 Å². The van der Waals surface area contributed by atoms with Crippen molar-refractivity contribution in [3.05, 3.63) is 29.3 Å². The molecule has 1 aromatic carbocycles. The van der Waals surface area contributed by atoms with E-state index in [-0.39, 0.29) is 30.2 Å². The molecule has 1 aromatic rings. The lowest BCUT2D eigenvalue weighted by Crippen LogP contribution is -2.30. The van der Waals surface area contributed by atoms with Gasteiger partial charge in [0.05, 0.1) is 13.7 Å². The number of hydrogen-bond acceptors (Lipinski definition) is 4. The van der Waals surface area contributed by atoms with Crippen molar-refractivity contribution >= 4 is 11.8 Å². The predicted octanol–water partition coefficient (Wildman–Crippen LogP) is 1.56. The van der Waals surface area contributed by atoms with Gasteiger partial charge < -0.3 is 10.1 Å². The molecule has 1 N–H and O–H groups in total. The largest absolute Gasteiger partial charge is 0.496 e. The molecule has 0 aliphatic carbocycles. The summed E-state index contributed by atoms with van der Waals surface area (Å²) in [5.41, 5.74) is 1.95. The molecule has 1 saturated heterocycles. The van der Waals surface area contributed by atoms with Gasteiger partial charge in [-0.05, 0) is 24.7 Å². The Kier molecular flexibility index (Phi) is 4.63. The summed E-state index contributed by atoms with van der Waals surface area (Å²) in [6.45, 7) is 4.61. The molecule has 0 bridgehead atoms. The average molecular weight is 290 g/mol. The fourth-order valence-electron chi connectivity index (χ4n) is 2.62. The molecule has 0 saturated carbocycles. The standard InChI is InChI=1S/C16H22N2O3/c1-10-11(2)16(20)18(15(10)19)9-13-7-12(8-17-3)5-6-14(13)21-4/h5-7,10-11,17H,8-9H2,1-4H3. The number of carbonyl (C=O) groups is 2. The number of methoxy groups -OCH3 is 1. The number of hydrogen-bond donors (Lipinski definition) is 1. The Labute approximate surface area is 125 Å². The molecule has 2 rings (SSSR count). The van der Waals surface area contributed by atoms with Crippen molar-refractivity contribution in [3.8, 4) is 5.75 Å². The summed E-state index contributed by atoms with van der Waals surface area (Å²) >= 11 is 0. The first kappa shape index (κ1) is 15.5. The van der Waals surface area contributed by atoms with Crippen LogP contribution in [0.4, 0.5) is 0 Å². The van der Waals surface area contributed by atoms with E-state index < -0.39 is 0 Å². The van der Waals surface area contributed by atoms with Crippen LogP contribution in [0.2, 0.25) is 0 Å². The van der Waals surface area contributed by atoms with E-state index in [0.29, 0.717) is 5.75 Å². The van der Waals surface area contributed by atoms with Gasteiger partial charge in [0.1, 0.15) is 5.75 Å². The maximum atomic E-state index is 12.2. The highest BCUT2D eigenvalue weighted by Crippen LogP contribution is 2.29. The van der Waals surface area contributed by atoms with Crippen LogP contribution in [-0.2, 0) is 22.7 Å². The van der Waals surface area contributed by atoms with Crippen molar-refractivity contribution in [3.63, 3.8) is 0 Å². The van der Waals surface area contributed by atoms with E-state index in [4.69, 9.17) is 4.74 Å². The lowest BCUT2D eigenvalue weighted by molar-refractivity contribution is -0.140. The quantitative estimate of drug-likeness (QED) is 0.836. The van der Waals surface area contributed by atoms with Crippen molar-refractivity contribution in [2.45, 2.75) is 26.9 Å². The zero-order valence-corrected chi connectivity index (χ0v) is 13.0. The van der Waals surface area contributed by atoms with E-state index in [2.05, 4.69) is 5.32 Å². The second-order valence-electron chi connectivity index (χ2n) is 5.52. The lowest BCUT2D eigenvalue weighted by atomic mass is 10.00. The minimum atomic E-state index is -0.246. The minimum absolute atomic E-state index is 0.103. The lowest BCUT2D eigenvalue weighted by Gasteiger charge is -2.17. The highest BCUT2D eigenvalue weighted by atomic mass is 16.5. The summed E-state index contributed by atoms with van der Waals surface area (Å²) in [5.74, 6) is -0.00206. The van der Waals surface area contributed by atoms with Gasteiger partial charge in [0.2, 0.25) is 11.8 Å². The Morgan fingerprint density at radius 2 is 1.81 bits per heavy atom. The molecule has 2 amide bonds. The number of benzene rings is 1. The van der Waals surface area contributed by atoms with Crippen LogP contribution in [0.5, 0.6) is 5.75 Å². The van der Waals surface area contributed by atoms with E-state index in [1.807, 2.05) is 25.2 Å². The fourth-order valence-corrected chi connectivity index (χ4v) is 2.62. The smallest absolute Gasteiger partial charge is 0.233 e. The molecule has 2 unspecified atom stereocenters. The highest BCUT2D eigenvalue weighted by molar-refractivity contribution is 6.04. The van der Waals surface area contributed by atoms with Crippen LogP contribution in [-0.4, -0.2) is 30.9 Å². The Morgan fingerprint density at radius 3 is 2.33 bits per heavy atom. The van der Waals surface area contributed by atoms with Gasteiger partial charge in [-0.3, -0.25) is 14.5 Å². The number of imide groups is 1. The third kappa shape index (κ3) is 2.93. The summed E-state index contributed by atoms with van der Waals surface area (Å²) < 4.78 is 5.34. The van der Waals surface area contributed by atoms with Gasteiger partial charge in [0.15, 0.2) is 0 Å². The Hall–Kier alpha value is -1.88. The minimum Gasteiger partial charge on any atom is -0.496 e. The van der Waals surface area contributed by atoms with E-state index in [9.17, 15) is 9.59 Å². The molecule has 114 valence electrons. The van der Waals surface area contributed by atoms with Gasteiger partial charge in [0.25, 0.3) is 0 Å². The second kappa shape index (κ2) is 6.26. The summed E-state index contributed by atoms with van der Waals surface area (Å²) in [6.07, 6.45) is 0. The molecule has 0 aromatic heterocycles. The topological polar surface area (TPSA) is 58.6 Å². The molecule has 0 spiro atoms. The zero-order valence-electron chi connectivity index (χ0n) is 13.0. The normalized spacial score (nSPS) is 22.0. The van der Waals surface area contributed by atoms with Crippen molar-refractivity contribution in [2.75, 3.05) is 14.2 Å². The van der Waals surface area contributed by atoms with Crippen LogP contribution in [0, 0.1) is 11.8 Å². The fraction of sp³-hybridized carbons (Fsp3) is 0.500. The first-order valence-electron chi connectivity index (χ1n) is 7.15. The van der Waals surface area contributed by atoms with Crippen molar-refractivity contribution in [1.29, 1.82) is 0 Å². The Balaban J connectivity index is 2.28. The van der Waals surface area contributed by atoms with Crippen LogP contribution >= 0.6 is 0 Å². The van der Waals surface area contributed by atoms with E-state index in [1.165, 1.54) is 4.90 Å². The van der Waals surface area contributed by atoms with Crippen LogP contribution in [0.1, 0.15) is 25.0 Å². The number of nitrogens with zero attached hydrogens (tertiary/aromatic N) is 1. The van der Waals surface area contributed by atoms with Crippen LogP contribution in [0.15, 0.2) is 18.2 Å². The summed E-state index contributed by atoms with van der Waals surface area (Å²) in [6, 6.07) is 5.82. The number of ether oxygens (including phenoxy) is 1. The Bertz CT molecular complexity index is 536. The zero-order chi connectivity index (χ0) is 15.6. The van der Waals surface area contributed by atoms with Crippen LogP contribution in [0.25, 0.3) is 0 Å². The first-order valence-corrected chi connectivity index (χ1v) is 7.15. The molecule has 5 heteroatoms. The molecule has 1 fully saturated rings. The molecule has 2 atom stereocenters. The SMILES string of the molecule is CNCc1ccc(OC)c(CN2C(=O)C(C)C(C)C2=O)c1. The molecule has 5 nitrogen and oxygen atoms in total. The number of carbonyl (C=O) groups excluding carboxylic acids is 2. The van der Waals surface area contributed by atoms with Gasteiger partial charge in [-0.1, -0.05) is 19.9 Å². The summed E-state index contributed by atoms with van der Waals surface area (Å²) in [7, 11) is 3.47. The monoisotopic (exact) mass is 290 g/mol. The number of likely N-dealkylation sites (tertiary alicyclic amines) is 1. The maximum Gasteiger partial charge on any atom is 0.233 e. The third-order valence-corrected chi connectivity index (χ3v) is 4.12. The van der Waals surface area contributed by atoms with Crippen molar-refractivity contribution < 1.29 is 14.3 Å². The van der Waals surface area contributed by atoms with Gasteiger partial charge >= 0.3 is 0 Å². The number of nitrogens with one attached hydrogen (secondary N) is 1. The van der Waals surface area contributed by atoms with E-state index in [1.54, 1.807) is 21.0 Å². The van der Waals surface area contributed by atoms with E-state index in [0.717, 1.165) is 17.7 Å². The Morgan fingerprint density at radius 1 is 1.19 bits per heavy atom. The molecular formula is C16H22N2O3. The van der Waals surface area contributed by atoms with Gasteiger partial charge in [-0.15, -0.1) is 0 Å². The number of amides is 2. The molecule has 0 radical (unpaired) electrons. The average Bonchev–Trinajstić information content (AvgIpc) is 2.66. The molecule has 1 aliphatic heterocycles. The van der Waals surface area contributed by atoms with E-state index >= 15 is 0 Å². The van der Waals surface area contributed by atoms with Crippen LogP contribution < -0.4 is 10.1 Å². The summed E-state index contributed by atoms with van der Waals surface area (Å²) in [4.78, 5) is 25.7. The predicted molar refractivity (Wildman–Crippen MR) is 79.6 cm³/mol. The second-order valence-corrected chi connectivity index (χ2v) is 5.52. The third-order valence-electron chi connectivity index (χ3n) is 4.12. The first-order chi connectivity index (χ1) is 9.99. The van der Waals surface area contributed by atoms with Gasteiger partial charge in [-0.2, -0.15) is 0 Å². The van der Waals surface area contributed by atoms with Gasteiger partial charge in [0, 0.05) is 23.9 Å². The molecule has 1 aliphatic rings. The number of rotatable bonds is 5. The highest BCUT2D eigenvalue weighted by Gasteiger charge is 2.42. The van der Waals surface area contributed by atoms with Crippen LogP contribution in [0.3, 0.4) is 0 Å². The summed E-state index contributed by atoms with van der Waals surface area (Å²) in [5, 5.41) is 3.09. The maximum absolute atomic E-state index is 12.2. The molecule has 21 heavy (non-hydrogen) atoms. The molecule has 1 heterocycles. The van der Waals surface area contributed by atoms with Crippen molar-refractivity contribution in [1.82, 2.24) is 10.2 Å². The molecular weight excluding hydrogens is 268 g/mol.